The number of benzene rings is 1. The number of rotatable bonds is 8. The molecular formula is C15H24O4. The summed E-state index contributed by atoms with van der Waals surface area (Å²) in [7, 11) is 0. The molecule has 0 spiro atoms. The first-order valence-corrected chi connectivity index (χ1v) is 6.67. The van der Waals surface area contributed by atoms with Crippen LogP contribution in [-0.2, 0) is 11.2 Å². The SMILES string of the molecule is CC(O)Cc1ccc(OCC(O)COC(C)C)cc1. The molecule has 2 atom stereocenters. The fourth-order valence-corrected chi connectivity index (χ4v) is 1.61. The van der Waals surface area contributed by atoms with E-state index in [0.717, 1.165) is 5.56 Å². The van der Waals surface area contributed by atoms with Crippen molar-refractivity contribution in [2.75, 3.05) is 13.2 Å². The highest BCUT2D eigenvalue weighted by Crippen LogP contribution is 2.13. The first-order valence-electron chi connectivity index (χ1n) is 6.67. The van der Waals surface area contributed by atoms with E-state index in [0.29, 0.717) is 12.2 Å². The fraction of sp³-hybridized carbons (Fsp3) is 0.600. The smallest absolute Gasteiger partial charge is 0.119 e. The lowest BCUT2D eigenvalue weighted by molar-refractivity contribution is -0.0122. The maximum Gasteiger partial charge on any atom is 0.119 e. The molecule has 0 heterocycles. The zero-order valence-electron chi connectivity index (χ0n) is 11.9. The van der Waals surface area contributed by atoms with Gasteiger partial charge in [0.1, 0.15) is 18.5 Å². The molecule has 2 unspecified atom stereocenters. The van der Waals surface area contributed by atoms with Gasteiger partial charge in [-0.05, 0) is 44.9 Å². The molecule has 0 aromatic heterocycles. The predicted octanol–water partition coefficient (Wildman–Crippen LogP) is 1.77. The Kier molecular flexibility index (Phi) is 6.84. The summed E-state index contributed by atoms with van der Waals surface area (Å²) in [6, 6.07) is 7.51. The molecule has 0 aliphatic heterocycles. The van der Waals surface area contributed by atoms with Gasteiger partial charge in [-0.3, -0.25) is 0 Å². The predicted molar refractivity (Wildman–Crippen MR) is 74.4 cm³/mol. The molecule has 0 saturated heterocycles. The molecular weight excluding hydrogens is 244 g/mol. The van der Waals surface area contributed by atoms with Gasteiger partial charge >= 0.3 is 0 Å². The molecule has 0 amide bonds. The maximum atomic E-state index is 9.65. The number of hydrogen-bond donors (Lipinski definition) is 2. The molecule has 0 aliphatic carbocycles. The molecule has 1 rings (SSSR count). The van der Waals surface area contributed by atoms with Crippen molar-refractivity contribution >= 4 is 0 Å². The average molecular weight is 268 g/mol. The van der Waals surface area contributed by atoms with Gasteiger partial charge in [-0.2, -0.15) is 0 Å². The number of ether oxygens (including phenoxy) is 2. The molecule has 1 aromatic carbocycles. The van der Waals surface area contributed by atoms with E-state index in [1.807, 2.05) is 38.1 Å². The normalized spacial score (nSPS) is 14.4. The zero-order chi connectivity index (χ0) is 14.3. The third-order valence-electron chi connectivity index (χ3n) is 2.52. The van der Waals surface area contributed by atoms with Crippen LogP contribution in [0.2, 0.25) is 0 Å². The summed E-state index contributed by atoms with van der Waals surface area (Å²) in [6.07, 6.45) is -0.235. The topological polar surface area (TPSA) is 58.9 Å². The Labute approximate surface area is 115 Å². The van der Waals surface area contributed by atoms with Crippen molar-refractivity contribution < 1.29 is 19.7 Å². The van der Waals surface area contributed by atoms with Crippen molar-refractivity contribution in [3.8, 4) is 5.75 Å². The third kappa shape index (κ3) is 7.15. The first kappa shape index (κ1) is 16.0. The number of hydrogen-bond acceptors (Lipinski definition) is 4. The highest BCUT2D eigenvalue weighted by atomic mass is 16.5. The number of aliphatic hydroxyl groups is 2. The van der Waals surface area contributed by atoms with E-state index in [4.69, 9.17) is 9.47 Å². The summed E-state index contributed by atoms with van der Waals surface area (Å²) in [4.78, 5) is 0. The van der Waals surface area contributed by atoms with E-state index in [-0.39, 0.29) is 25.4 Å². The molecule has 0 fully saturated rings. The van der Waals surface area contributed by atoms with Crippen LogP contribution in [0, 0.1) is 0 Å². The van der Waals surface area contributed by atoms with Crippen LogP contribution < -0.4 is 4.74 Å². The molecule has 4 nitrogen and oxygen atoms in total. The molecule has 1 aromatic rings. The minimum atomic E-state index is -0.625. The maximum absolute atomic E-state index is 9.65. The zero-order valence-corrected chi connectivity index (χ0v) is 11.9. The second-order valence-electron chi connectivity index (χ2n) is 5.04. The van der Waals surface area contributed by atoms with E-state index in [1.54, 1.807) is 6.92 Å². The van der Waals surface area contributed by atoms with Gasteiger partial charge < -0.3 is 19.7 Å². The molecule has 108 valence electrons. The van der Waals surface area contributed by atoms with Crippen LogP contribution in [0.1, 0.15) is 26.3 Å². The van der Waals surface area contributed by atoms with Gasteiger partial charge in [-0.1, -0.05) is 12.1 Å². The number of aliphatic hydroxyl groups excluding tert-OH is 2. The standard InChI is InChI=1S/C15H24O4/c1-11(2)18-9-14(17)10-19-15-6-4-13(5-7-15)8-12(3)16/h4-7,11-12,14,16-17H,8-10H2,1-3H3. The molecule has 0 saturated carbocycles. The average Bonchev–Trinajstić information content (AvgIpc) is 2.35. The van der Waals surface area contributed by atoms with Gasteiger partial charge in [0.2, 0.25) is 0 Å². The molecule has 0 bridgehead atoms. The fourth-order valence-electron chi connectivity index (χ4n) is 1.61. The van der Waals surface area contributed by atoms with Gasteiger partial charge in [0, 0.05) is 0 Å². The van der Waals surface area contributed by atoms with Crippen LogP contribution in [0.4, 0.5) is 0 Å². The van der Waals surface area contributed by atoms with Crippen molar-refractivity contribution in [3.05, 3.63) is 29.8 Å². The van der Waals surface area contributed by atoms with E-state index in [1.165, 1.54) is 0 Å². The second kappa shape index (κ2) is 8.15. The Bertz CT molecular complexity index is 346. The van der Waals surface area contributed by atoms with E-state index in [9.17, 15) is 10.2 Å². The highest BCUT2D eigenvalue weighted by Gasteiger charge is 2.07. The summed E-state index contributed by atoms with van der Waals surface area (Å²) >= 11 is 0. The summed E-state index contributed by atoms with van der Waals surface area (Å²) in [5.41, 5.74) is 1.06. The van der Waals surface area contributed by atoms with Crippen molar-refractivity contribution in [2.45, 2.75) is 45.5 Å². The summed E-state index contributed by atoms with van der Waals surface area (Å²) < 4.78 is 10.8. The quantitative estimate of drug-likeness (QED) is 0.754. The lowest BCUT2D eigenvalue weighted by Gasteiger charge is -2.14. The Balaban J connectivity index is 2.33. The Morgan fingerprint density at radius 3 is 2.16 bits per heavy atom. The molecule has 19 heavy (non-hydrogen) atoms. The summed E-state index contributed by atoms with van der Waals surface area (Å²) in [6.45, 7) is 6.10. The summed E-state index contributed by atoms with van der Waals surface area (Å²) in [5, 5.41) is 18.9. The third-order valence-corrected chi connectivity index (χ3v) is 2.52. The Hall–Kier alpha value is -1.10. The van der Waals surface area contributed by atoms with Crippen molar-refractivity contribution in [1.29, 1.82) is 0 Å². The Morgan fingerprint density at radius 2 is 1.63 bits per heavy atom. The minimum Gasteiger partial charge on any atom is -0.491 e. The van der Waals surface area contributed by atoms with Crippen LogP contribution in [0.5, 0.6) is 5.75 Å². The van der Waals surface area contributed by atoms with Gasteiger partial charge in [-0.25, -0.2) is 0 Å². The molecule has 0 radical (unpaired) electrons. The van der Waals surface area contributed by atoms with Gasteiger partial charge in [-0.15, -0.1) is 0 Å². The van der Waals surface area contributed by atoms with Crippen LogP contribution in [0.15, 0.2) is 24.3 Å². The Morgan fingerprint density at radius 1 is 1.00 bits per heavy atom. The highest BCUT2D eigenvalue weighted by molar-refractivity contribution is 5.27. The monoisotopic (exact) mass is 268 g/mol. The van der Waals surface area contributed by atoms with Gasteiger partial charge in [0.25, 0.3) is 0 Å². The van der Waals surface area contributed by atoms with Crippen LogP contribution in [-0.4, -0.2) is 41.7 Å². The van der Waals surface area contributed by atoms with E-state index < -0.39 is 6.10 Å². The van der Waals surface area contributed by atoms with Crippen molar-refractivity contribution in [3.63, 3.8) is 0 Å². The van der Waals surface area contributed by atoms with Crippen molar-refractivity contribution in [1.82, 2.24) is 0 Å². The van der Waals surface area contributed by atoms with E-state index >= 15 is 0 Å². The lowest BCUT2D eigenvalue weighted by Crippen LogP contribution is -2.25. The lowest BCUT2D eigenvalue weighted by atomic mass is 10.1. The molecule has 4 heteroatoms. The van der Waals surface area contributed by atoms with Crippen LogP contribution in [0.3, 0.4) is 0 Å². The van der Waals surface area contributed by atoms with E-state index in [2.05, 4.69) is 0 Å². The van der Waals surface area contributed by atoms with Crippen LogP contribution >= 0.6 is 0 Å². The summed E-state index contributed by atoms with van der Waals surface area (Å²) in [5.74, 6) is 0.706. The largest absolute Gasteiger partial charge is 0.491 e. The minimum absolute atomic E-state index is 0.106. The van der Waals surface area contributed by atoms with Crippen molar-refractivity contribution in [2.24, 2.45) is 0 Å². The van der Waals surface area contributed by atoms with Crippen LogP contribution in [0.25, 0.3) is 0 Å². The molecule has 0 aliphatic rings. The van der Waals surface area contributed by atoms with Gasteiger partial charge in [0.15, 0.2) is 0 Å². The molecule has 2 N–H and O–H groups in total. The second-order valence-corrected chi connectivity index (χ2v) is 5.04. The first-order chi connectivity index (χ1) is 8.97. The van der Waals surface area contributed by atoms with Gasteiger partial charge in [0.05, 0.1) is 18.8 Å².